The Morgan fingerprint density at radius 3 is 2.50 bits per heavy atom. The SMILES string of the molecule is O=C1NC[C@H](c2c(Cl)cncc2Cl)N1. The van der Waals surface area contributed by atoms with E-state index in [1.807, 2.05) is 0 Å². The summed E-state index contributed by atoms with van der Waals surface area (Å²) in [6.45, 7) is 0.488. The molecule has 4 nitrogen and oxygen atoms in total. The van der Waals surface area contributed by atoms with E-state index in [1.165, 1.54) is 12.4 Å². The van der Waals surface area contributed by atoms with Crippen LogP contribution < -0.4 is 10.6 Å². The first-order valence-corrected chi connectivity index (χ1v) is 4.77. The van der Waals surface area contributed by atoms with Gasteiger partial charge in [0.15, 0.2) is 0 Å². The van der Waals surface area contributed by atoms with Crippen molar-refractivity contribution in [1.82, 2.24) is 15.6 Å². The van der Waals surface area contributed by atoms with Crippen LogP contribution in [0.15, 0.2) is 12.4 Å². The molecule has 1 fully saturated rings. The van der Waals surface area contributed by atoms with Crippen molar-refractivity contribution in [2.24, 2.45) is 0 Å². The van der Waals surface area contributed by atoms with Gasteiger partial charge in [-0.2, -0.15) is 0 Å². The van der Waals surface area contributed by atoms with Gasteiger partial charge < -0.3 is 10.6 Å². The lowest BCUT2D eigenvalue weighted by atomic mass is 10.1. The van der Waals surface area contributed by atoms with Crippen LogP contribution >= 0.6 is 23.2 Å². The van der Waals surface area contributed by atoms with Crippen molar-refractivity contribution >= 4 is 29.2 Å². The summed E-state index contributed by atoms with van der Waals surface area (Å²) in [7, 11) is 0. The number of urea groups is 1. The Morgan fingerprint density at radius 2 is 2.00 bits per heavy atom. The molecule has 6 heteroatoms. The van der Waals surface area contributed by atoms with Gasteiger partial charge in [-0.3, -0.25) is 4.98 Å². The summed E-state index contributed by atoms with van der Waals surface area (Å²) in [5, 5.41) is 6.27. The maximum Gasteiger partial charge on any atom is 0.315 e. The summed E-state index contributed by atoms with van der Waals surface area (Å²) >= 11 is 11.9. The van der Waals surface area contributed by atoms with Crippen molar-refractivity contribution in [3.63, 3.8) is 0 Å². The molecule has 1 aromatic rings. The summed E-state index contributed by atoms with van der Waals surface area (Å²) in [6.07, 6.45) is 3.01. The minimum absolute atomic E-state index is 0.175. The molecule has 2 heterocycles. The lowest BCUT2D eigenvalue weighted by molar-refractivity contribution is 0.247. The van der Waals surface area contributed by atoms with Crippen LogP contribution in [-0.2, 0) is 0 Å². The molecule has 0 unspecified atom stereocenters. The van der Waals surface area contributed by atoms with Gasteiger partial charge >= 0.3 is 6.03 Å². The highest BCUT2D eigenvalue weighted by atomic mass is 35.5. The number of pyridine rings is 1. The number of hydrogen-bond donors (Lipinski definition) is 2. The Kier molecular flexibility index (Phi) is 2.48. The normalized spacial score (nSPS) is 20.4. The number of carbonyl (C=O) groups is 1. The van der Waals surface area contributed by atoms with Gasteiger partial charge in [0, 0.05) is 24.5 Å². The van der Waals surface area contributed by atoms with Crippen molar-refractivity contribution in [2.75, 3.05) is 6.54 Å². The van der Waals surface area contributed by atoms with E-state index in [4.69, 9.17) is 23.2 Å². The second-order valence-corrected chi connectivity index (χ2v) is 3.74. The monoisotopic (exact) mass is 231 g/mol. The summed E-state index contributed by atoms with van der Waals surface area (Å²) in [5.74, 6) is 0. The molecule has 1 atom stereocenters. The Labute approximate surface area is 90.6 Å². The fourth-order valence-corrected chi connectivity index (χ4v) is 2.01. The second-order valence-electron chi connectivity index (χ2n) is 2.92. The standard InChI is InChI=1S/C8H7Cl2N3O/c9-4-1-11-2-5(10)7(4)6-3-12-8(14)13-6/h1-2,6H,3H2,(H2,12,13,14)/t6-/m1/s1. The molecular weight excluding hydrogens is 225 g/mol. The van der Waals surface area contributed by atoms with E-state index in [-0.39, 0.29) is 12.1 Å². The van der Waals surface area contributed by atoms with Crippen LogP contribution in [0.3, 0.4) is 0 Å². The highest BCUT2D eigenvalue weighted by Gasteiger charge is 2.25. The quantitative estimate of drug-likeness (QED) is 0.774. The van der Waals surface area contributed by atoms with Gasteiger partial charge in [0.1, 0.15) is 0 Å². The van der Waals surface area contributed by atoms with Gasteiger partial charge in [-0.1, -0.05) is 23.2 Å². The first-order valence-electron chi connectivity index (χ1n) is 4.01. The van der Waals surface area contributed by atoms with E-state index in [0.717, 1.165) is 0 Å². The zero-order valence-electron chi connectivity index (χ0n) is 7.05. The lowest BCUT2D eigenvalue weighted by Crippen LogP contribution is -2.22. The molecule has 0 aliphatic carbocycles. The van der Waals surface area contributed by atoms with Crippen molar-refractivity contribution < 1.29 is 4.79 Å². The number of carbonyl (C=O) groups excluding carboxylic acids is 1. The summed E-state index contributed by atoms with van der Waals surface area (Å²) < 4.78 is 0. The molecule has 2 rings (SSSR count). The van der Waals surface area contributed by atoms with Crippen LogP contribution in [0, 0.1) is 0 Å². The first-order chi connectivity index (χ1) is 6.68. The number of hydrogen-bond acceptors (Lipinski definition) is 2. The summed E-state index contributed by atoms with van der Waals surface area (Å²) in [5.41, 5.74) is 0.710. The molecule has 1 saturated heterocycles. The molecule has 0 bridgehead atoms. The average Bonchev–Trinajstić information content (AvgIpc) is 2.51. The minimum Gasteiger partial charge on any atom is -0.336 e. The molecule has 0 saturated carbocycles. The van der Waals surface area contributed by atoms with Crippen LogP contribution in [0.5, 0.6) is 0 Å². The van der Waals surface area contributed by atoms with Gasteiger partial charge in [0.05, 0.1) is 16.1 Å². The first kappa shape index (κ1) is 9.55. The zero-order valence-corrected chi connectivity index (χ0v) is 8.56. The Morgan fingerprint density at radius 1 is 1.36 bits per heavy atom. The number of halogens is 2. The van der Waals surface area contributed by atoms with E-state index in [2.05, 4.69) is 15.6 Å². The van der Waals surface area contributed by atoms with Gasteiger partial charge in [0.25, 0.3) is 0 Å². The molecular formula is C8H7Cl2N3O. The predicted molar refractivity (Wildman–Crippen MR) is 53.5 cm³/mol. The molecule has 14 heavy (non-hydrogen) atoms. The maximum absolute atomic E-state index is 10.9. The number of nitrogens with one attached hydrogen (secondary N) is 2. The molecule has 2 N–H and O–H groups in total. The number of nitrogens with zero attached hydrogens (tertiary/aromatic N) is 1. The van der Waals surface area contributed by atoms with Crippen LogP contribution in [0.1, 0.15) is 11.6 Å². The van der Waals surface area contributed by atoms with Gasteiger partial charge in [0.2, 0.25) is 0 Å². The molecule has 1 aliphatic heterocycles. The molecule has 74 valence electrons. The highest BCUT2D eigenvalue weighted by molar-refractivity contribution is 6.35. The zero-order chi connectivity index (χ0) is 10.1. The van der Waals surface area contributed by atoms with Crippen LogP contribution in [0.4, 0.5) is 4.79 Å². The third-order valence-electron chi connectivity index (χ3n) is 2.01. The average molecular weight is 232 g/mol. The Hall–Kier alpha value is -1.00. The van der Waals surface area contributed by atoms with Crippen molar-refractivity contribution in [1.29, 1.82) is 0 Å². The molecule has 0 radical (unpaired) electrons. The van der Waals surface area contributed by atoms with Gasteiger partial charge in [-0.25, -0.2) is 4.79 Å². The van der Waals surface area contributed by atoms with E-state index in [9.17, 15) is 4.79 Å². The van der Waals surface area contributed by atoms with Gasteiger partial charge in [-0.15, -0.1) is 0 Å². The molecule has 0 spiro atoms. The molecule has 1 aromatic heterocycles. The third-order valence-corrected chi connectivity index (χ3v) is 2.61. The van der Waals surface area contributed by atoms with Crippen molar-refractivity contribution in [2.45, 2.75) is 6.04 Å². The van der Waals surface area contributed by atoms with Crippen molar-refractivity contribution in [3.05, 3.63) is 28.0 Å². The van der Waals surface area contributed by atoms with E-state index < -0.39 is 0 Å². The number of aromatic nitrogens is 1. The molecule has 1 aliphatic rings. The molecule has 0 aromatic carbocycles. The highest BCUT2D eigenvalue weighted by Crippen LogP contribution is 2.29. The largest absolute Gasteiger partial charge is 0.336 e. The Balaban J connectivity index is 2.36. The second kappa shape index (κ2) is 3.63. The summed E-state index contributed by atoms with van der Waals surface area (Å²) in [6, 6.07) is -0.385. The lowest BCUT2D eigenvalue weighted by Gasteiger charge is -2.11. The Bertz CT molecular complexity index is 363. The molecule has 2 amide bonds. The maximum atomic E-state index is 10.9. The van der Waals surface area contributed by atoms with Crippen molar-refractivity contribution in [3.8, 4) is 0 Å². The smallest absolute Gasteiger partial charge is 0.315 e. The van der Waals surface area contributed by atoms with Crippen LogP contribution in [-0.4, -0.2) is 17.6 Å². The number of rotatable bonds is 1. The van der Waals surface area contributed by atoms with E-state index in [0.29, 0.717) is 22.2 Å². The van der Waals surface area contributed by atoms with Crippen LogP contribution in [0.2, 0.25) is 10.0 Å². The minimum atomic E-state index is -0.209. The summed E-state index contributed by atoms with van der Waals surface area (Å²) in [4.78, 5) is 14.8. The predicted octanol–water partition coefficient (Wildman–Crippen LogP) is 1.74. The van der Waals surface area contributed by atoms with E-state index in [1.54, 1.807) is 0 Å². The topological polar surface area (TPSA) is 54.0 Å². The van der Waals surface area contributed by atoms with Gasteiger partial charge in [-0.05, 0) is 0 Å². The third kappa shape index (κ3) is 1.63. The van der Waals surface area contributed by atoms with E-state index >= 15 is 0 Å². The van der Waals surface area contributed by atoms with Crippen LogP contribution in [0.25, 0.3) is 0 Å². The fourth-order valence-electron chi connectivity index (χ4n) is 1.38. The number of amides is 2. The fraction of sp³-hybridized carbons (Fsp3) is 0.250.